The molecule has 4 aromatic rings. The Hall–Kier alpha value is -6.79. The van der Waals surface area contributed by atoms with Crippen LogP contribution in [0, 0.1) is 0 Å². The first-order chi connectivity index (χ1) is 27.3. The van der Waals surface area contributed by atoms with E-state index in [-0.39, 0.29) is 25.0 Å². The number of benzene rings is 3. The van der Waals surface area contributed by atoms with E-state index in [9.17, 15) is 48.9 Å². The van der Waals surface area contributed by atoms with Crippen LogP contribution in [0.2, 0.25) is 0 Å². The van der Waals surface area contributed by atoms with Crippen molar-refractivity contribution in [2.45, 2.75) is 56.4 Å². The van der Waals surface area contributed by atoms with Gasteiger partial charge in [0, 0.05) is 36.4 Å². The Morgan fingerprint density at radius 2 is 1.21 bits per heavy atom. The fraction of sp³-hybridized carbons (Fsp3) is 0.308. The number of phenols is 1. The van der Waals surface area contributed by atoms with E-state index in [2.05, 4.69) is 36.9 Å². The molecule has 12 N–H and O–H groups in total. The van der Waals surface area contributed by atoms with Gasteiger partial charge < -0.3 is 57.9 Å². The quantitative estimate of drug-likeness (QED) is 0.0465. The van der Waals surface area contributed by atoms with Crippen LogP contribution in [0.3, 0.4) is 0 Å². The molecular formula is C39H46N8O10. The van der Waals surface area contributed by atoms with Gasteiger partial charge in [-0.25, -0.2) is 0 Å². The molecule has 0 aliphatic carbocycles. The summed E-state index contributed by atoms with van der Waals surface area (Å²) in [5.74, 6) is -5.84. The van der Waals surface area contributed by atoms with Crippen molar-refractivity contribution < 1.29 is 48.9 Å². The zero-order chi connectivity index (χ0) is 41.5. The smallest absolute Gasteiger partial charge is 0.246 e. The van der Waals surface area contributed by atoms with Gasteiger partial charge in [-0.2, -0.15) is 0 Å². The summed E-state index contributed by atoms with van der Waals surface area (Å²) in [6.07, 6.45) is 1.65. The summed E-state index contributed by atoms with van der Waals surface area (Å²) in [4.78, 5) is 93.4. The number of hydrogen-bond donors (Lipinski definition) is 11. The van der Waals surface area contributed by atoms with Crippen LogP contribution in [0.15, 0.2) is 85.1 Å². The number of aromatic hydroxyl groups is 1. The maximum atomic E-state index is 13.6. The summed E-state index contributed by atoms with van der Waals surface area (Å²) in [5, 5.41) is 44.2. The molecule has 0 radical (unpaired) electrons. The Labute approximate surface area is 327 Å². The number of amides is 7. The molecule has 0 saturated heterocycles. The molecule has 0 aliphatic rings. The zero-order valence-electron chi connectivity index (χ0n) is 31.0. The first-order valence-electron chi connectivity index (χ1n) is 17.9. The number of aliphatic hydroxyl groups is 2. The maximum Gasteiger partial charge on any atom is 0.246 e. The number of fused-ring (bicyclic) bond motifs is 1. The number of aromatic nitrogens is 1. The highest BCUT2D eigenvalue weighted by Crippen LogP contribution is 2.19. The van der Waals surface area contributed by atoms with Crippen molar-refractivity contribution in [3.05, 3.63) is 102 Å². The number of H-pyrrole nitrogens is 1. The molecule has 18 nitrogen and oxygen atoms in total. The number of carbonyl (C=O) groups excluding carboxylic acids is 7. The second-order valence-corrected chi connectivity index (χ2v) is 13.2. The minimum absolute atomic E-state index is 0.0310. The number of primary amides is 1. The number of carbonyl (C=O) groups is 7. The maximum absolute atomic E-state index is 13.6. The first kappa shape index (κ1) is 42.9. The molecule has 0 spiro atoms. The predicted molar refractivity (Wildman–Crippen MR) is 206 cm³/mol. The van der Waals surface area contributed by atoms with Crippen molar-refractivity contribution in [3.63, 3.8) is 0 Å². The molecule has 0 saturated carbocycles. The molecule has 57 heavy (non-hydrogen) atoms. The number of aliphatic hydroxyl groups excluding tert-OH is 2. The van der Waals surface area contributed by atoms with Crippen molar-refractivity contribution in [3.8, 4) is 5.75 Å². The second kappa shape index (κ2) is 20.8. The molecule has 0 aliphatic heterocycles. The van der Waals surface area contributed by atoms with Crippen molar-refractivity contribution in [1.82, 2.24) is 36.9 Å². The number of nitrogens with two attached hydrogens (primary N) is 1. The van der Waals surface area contributed by atoms with Crippen LogP contribution in [-0.4, -0.2) is 112 Å². The van der Waals surface area contributed by atoms with Gasteiger partial charge in [0.2, 0.25) is 41.4 Å². The zero-order valence-corrected chi connectivity index (χ0v) is 31.0. The molecule has 7 amide bonds. The highest BCUT2D eigenvalue weighted by molar-refractivity contribution is 5.97. The SMILES string of the molecule is C[C@H](NC(=O)[C@H](CO)NC(=O)[C@H](Cc1ccc(O)cc1)NC(=O)CO)C(=O)N[C@@H](Cc1c[nH]c2ccccc12)C(=O)NCC(=O)N[C@@H](Cc1ccccc1)C(N)=O. The summed E-state index contributed by atoms with van der Waals surface area (Å²) in [5.41, 5.74) is 8.21. The van der Waals surface area contributed by atoms with Crippen LogP contribution in [0.25, 0.3) is 10.9 Å². The average molecular weight is 787 g/mol. The number of para-hydroxylation sites is 1. The van der Waals surface area contributed by atoms with E-state index in [1.165, 1.54) is 31.2 Å². The lowest BCUT2D eigenvalue weighted by Crippen LogP contribution is -2.59. The van der Waals surface area contributed by atoms with Gasteiger partial charge in [-0.3, -0.25) is 33.6 Å². The fourth-order valence-corrected chi connectivity index (χ4v) is 5.80. The lowest BCUT2D eigenvalue weighted by atomic mass is 10.0. The first-order valence-corrected chi connectivity index (χ1v) is 17.9. The molecule has 0 bridgehead atoms. The third kappa shape index (κ3) is 12.9. The summed E-state index contributed by atoms with van der Waals surface area (Å²) in [7, 11) is 0. The van der Waals surface area contributed by atoms with E-state index in [0.717, 1.165) is 16.5 Å². The van der Waals surface area contributed by atoms with E-state index in [4.69, 9.17) is 5.73 Å². The third-order valence-corrected chi connectivity index (χ3v) is 8.86. The molecule has 302 valence electrons. The standard InChI is InChI=1S/C39H46N8O10/c1-22(43-39(57)32(20-48)47-38(56)30(45-34(52)21-49)16-24-11-13-26(50)14-12-24)36(54)46-31(17-25-18-41-28-10-6-5-9-27(25)28)37(55)42-19-33(51)44-29(35(40)53)15-23-7-3-2-4-8-23/h2-14,18,22,29-32,41,48-50H,15-17,19-21H2,1H3,(H2,40,53)(H,42,55)(H,43,57)(H,44,51)(H,45,52)(H,46,54)(H,47,56)/t22-,29-,30-,31-,32-/m0/s1. The van der Waals surface area contributed by atoms with Gasteiger partial charge in [0.1, 0.15) is 42.6 Å². The predicted octanol–water partition coefficient (Wildman–Crippen LogP) is -2.07. The fourth-order valence-electron chi connectivity index (χ4n) is 5.80. The molecule has 4 rings (SSSR count). The Balaban J connectivity index is 1.41. The van der Waals surface area contributed by atoms with Gasteiger partial charge in [-0.05, 0) is 41.8 Å². The van der Waals surface area contributed by atoms with Crippen molar-refractivity contribution >= 4 is 52.3 Å². The summed E-state index contributed by atoms with van der Waals surface area (Å²) in [6, 6.07) is 15.4. The van der Waals surface area contributed by atoms with Crippen LogP contribution < -0.4 is 37.6 Å². The van der Waals surface area contributed by atoms with E-state index in [1.807, 2.05) is 18.2 Å². The van der Waals surface area contributed by atoms with Crippen molar-refractivity contribution in [2.24, 2.45) is 5.73 Å². The van der Waals surface area contributed by atoms with E-state index in [1.54, 1.807) is 42.6 Å². The Morgan fingerprint density at radius 1 is 0.632 bits per heavy atom. The molecule has 5 atom stereocenters. The summed E-state index contributed by atoms with van der Waals surface area (Å²) >= 11 is 0. The normalized spacial score (nSPS) is 13.5. The highest BCUT2D eigenvalue weighted by atomic mass is 16.3. The van der Waals surface area contributed by atoms with Crippen LogP contribution >= 0.6 is 0 Å². The van der Waals surface area contributed by atoms with Gasteiger partial charge in [0.25, 0.3) is 0 Å². The average Bonchev–Trinajstić information content (AvgIpc) is 3.61. The number of aromatic amines is 1. The number of hydrogen-bond acceptors (Lipinski definition) is 10. The molecular weight excluding hydrogens is 740 g/mol. The molecule has 1 aromatic heterocycles. The molecule has 3 aromatic carbocycles. The van der Waals surface area contributed by atoms with Crippen molar-refractivity contribution in [1.29, 1.82) is 0 Å². The van der Waals surface area contributed by atoms with Crippen molar-refractivity contribution in [2.75, 3.05) is 19.8 Å². The summed E-state index contributed by atoms with van der Waals surface area (Å²) < 4.78 is 0. The number of rotatable bonds is 20. The van der Waals surface area contributed by atoms with Crippen LogP contribution in [0.1, 0.15) is 23.6 Å². The molecule has 0 fully saturated rings. The van der Waals surface area contributed by atoms with Gasteiger partial charge in [-0.15, -0.1) is 0 Å². The number of nitrogens with one attached hydrogen (secondary N) is 7. The topological polar surface area (TPSA) is 294 Å². The molecule has 18 heteroatoms. The van der Waals surface area contributed by atoms with E-state index >= 15 is 0 Å². The lowest BCUT2D eigenvalue weighted by Gasteiger charge is -2.24. The van der Waals surface area contributed by atoms with Crippen LogP contribution in [-0.2, 0) is 52.8 Å². The largest absolute Gasteiger partial charge is 0.508 e. The van der Waals surface area contributed by atoms with E-state index < -0.39 is 91.3 Å². The van der Waals surface area contributed by atoms with Gasteiger partial charge in [0.15, 0.2) is 0 Å². The minimum Gasteiger partial charge on any atom is -0.508 e. The van der Waals surface area contributed by atoms with E-state index in [0.29, 0.717) is 11.1 Å². The minimum atomic E-state index is -1.59. The molecule has 0 unspecified atom stereocenters. The molecule has 1 heterocycles. The van der Waals surface area contributed by atoms with Crippen LogP contribution in [0.5, 0.6) is 5.75 Å². The highest BCUT2D eigenvalue weighted by Gasteiger charge is 2.30. The Bertz CT molecular complexity index is 2040. The van der Waals surface area contributed by atoms with Crippen LogP contribution in [0.4, 0.5) is 0 Å². The number of phenolic OH excluding ortho intramolecular Hbond substituents is 1. The lowest BCUT2D eigenvalue weighted by molar-refractivity contribution is -0.135. The Kier molecular flexibility index (Phi) is 15.6. The van der Waals surface area contributed by atoms with Gasteiger partial charge in [-0.1, -0.05) is 60.7 Å². The Morgan fingerprint density at radius 3 is 1.88 bits per heavy atom. The van der Waals surface area contributed by atoms with Gasteiger partial charge >= 0.3 is 0 Å². The van der Waals surface area contributed by atoms with Gasteiger partial charge in [0.05, 0.1) is 13.2 Å². The summed E-state index contributed by atoms with van der Waals surface area (Å²) in [6.45, 7) is -1.08. The second-order valence-electron chi connectivity index (χ2n) is 13.2. The third-order valence-electron chi connectivity index (χ3n) is 8.86. The monoisotopic (exact) mass is 786 g/mol.